The molecule has 20 heavy (non-hydrogen) atoms. The zero-order valence-electron chi connectivity index (χ0n) is 11.7. The van der Waals surface area contributed by atoms with Gasteiger partial charge >= 0.3 is 0 Å². The number of pyridine rings is 1. The first kappa shape index (κ1) is 12.9. The molecule has 4 nitrogen and oxygen atoms in total. The van der Waals surface area contributed by atoms with Crippen molar-refractivity contribution in [2.75, 3.05) is 20.3 Å². The van der Waals surface area contributed by atoms with E-state index in [0.717, 1.165) is 22.8 Å². The van der Waals surface area contributed by atoms with Gasteiger partial charge in [0.25, 0.3) is 0 Å². The summed E-state index contributed by atoms with van der Waals surface area (Å²) in [7, 11) is 1.96. The first-order valence-electron chi connectivity index (χ1n) is 6.77. The van der Waals surface area contributed by atoms with Gasteiger partial charge in [-0.2, -0.15) is 0 Å². The highest BCUT2D eigenvalue weighted by Gasteiger charge is 2.17. The number of aryl methyl sites for hydroxylation is 1. The summed E-state index contributed by atoms with van der Waals surface area (Å²) in [6, 6.07) is 10.3. The van der Waals surface area contributed by atoms with Crippen LogP contribution in [0, 0.1) is 6.92 Å². The summed E-state index contributed by atoms with van der Waals surface area (Å²) >= 11 is 0. The van der Waals surface area contributed by atoms with Crippen LogP contribution in [0.25, 0.3) is 0 Å². The second-order valence-electron chi connectivity index (χ2n) is 4.86. The molecule has 1 unspecified atom stereocenters. The maximum absolute atomic E-state index is 5.65. The average Bonchev–Trinajstić information content (AvgIpc) is 2.48. The number of hydrogen-bond acceptors (Lipinski definition) is 4. The molecule has 0 bridgehead atoms. The summed E-state index contributed by atoms with van der Waals surface area (Å²) in [6.45, 7) is 3.22. The molecule has 3 rings (SSSR count). The normalized spacial score (nSPS) is 14.9. The van der Waals surface area contributed by atoms with E-state index in [1.54, 1.807) is 0 Å². The molecule has 0 spiro atoms. The number of hydrogen-bond donors (Lipinski definition) is 1. The Balaban J connectivity index is 1.97. The molecule has 0 fully saturated rings. The topological polar surface area (TPSA) is 43.4 Å². The molecule has 0 radical (unpaired) electrons. The number of rotatable bonds is 3. The van der Waals surface area contributed by atoms with Crippen LogP contribution in [-0.4, -0.2) is 25.2 Å². The minimum Gasteiger partial charge on any atom is -0.486 e. The molecule has 1 aliphatic rings. The van der Waals surface area contributed by atoms with Crippen LogP contribution in [0.3, 0.4) is 0 Å². The van der Waals surface area contributed by atoms with Gasteiger partial charge in [-0.3, -0.25) is 4.98 Å². The van der Waals surface area contributed by atoms with E-state index in [9.17, 15) is 0 Å². The van der Waals surface area contributed by atoms with Crippen LogP contribution in [-0.2, 0) is 0 Å². The first-order chi connectivity index (χ1) is 9.78. The average molecular weight is 270 g/mol. The number of benzene rings is 1. The van der Waals surface area contributed by atoms with E-state index in [-0.39, 0.29) is 6.04 Å². The maximum atomic E-state index is 5.65. The molecule has 4 heteroatoms. The highest BCUT2D eigenvalue weighted by molar-refractivity contribution is 5.46. The molecule has 2 heterocycles. The third kappa shape index (κ3) is 2.47. The Bertz CT molecular complexity index is 613. The van der Waals surface area contributed by atoms with E-state index >= 15 is 0 Å². The van der Waals surface area contributed by atoms with E-state index in [0.29, 0.717) is 13.2 Å². The molecule has 0 saturated heterocycles. The lowest BCUT2D eigenvalue weighted by Crippen LogP contribution is -2.19. The predicted octanol–water partition coefficient (Wildman–Crippen LogP) is 2.47. The van der Waals surface area contributed by atoms with Crippen molar-refractivity contribution >= 4 is 0 Å². The fourth-order valence-corrected chi connectivity index (χ4v) is 2.51. The highest BCUT2D eigenvalue weighted by Crippen LogP contribution is 2.34. The molecule has 104 valence electrons. The Morgan fingerprint density at radius 2 is 1.80 bits per heavy atom. The number of fused-ring (bicyclic) bond motifs is 1. The van der Waals surface area contributed by atoms with Crippen molar-refractivity contribution in [1.29, 1.82) is 0 Å². The Morgan fingerprint density at radius 1 is 1.05 bits per heavy atom. The molecule has 0 aliphatic carbocycles. The van der Waals surface area contributed by atoms with Gasteiger partial charge in [0.05, 0.1) is 6.04 Å². The van der Waals surface area contributed by atoms with Crippen molar-refractivity contribution in [3.63, 3.8) is 0 Å². The summed E-state index contributed by atoms with van der Waals surface area (Å²) in [5, 5.41) is 3.34. The molecule has 0 amide bonds. The van der Waals surface area contributed by atoms with Gasteiger partial charge in [0.2, 0.25) is 0 Å². The standard InChI is InChI=1S/C16H18N2O2/c1-11-9-13(5-6-18-11)16(17-2)12-3-4-14-15(10-12)20-8-7-19-14/h3-6,9-10,16-17H,7-8H2,1-2H3. The van der Waals surface area contributed by atoms with Crippen LogP contribution in [0.4, 0.5) is 0 Å². The number of nitrogens with zero attached hydrogens (tertiary/aromatic N) is 1. The summed E-state index contributed by atoms with van der Waals surface area (Å²) in [5.41, 5.74) is 3.36. The maximum Gasteiger partial charge on any atom is 0.161 e. The molecular weight excluding hydrogens is 252 g/mol. The second-order valence-corrected chi connectivity index (χ2v) is 4.86. The van der Waals surface area contributed by atoms with Crippen molar-refractivity contribution in [2.45, 2.75) is 13.0 Å². The van der Waals surface area contributed by atoms with Gasteiger partial charge in [0.1, 0.15) is 13.2 Å². The Labute approximate surface area is 118 Å². The molecule has 1 N–H and O–H groups in total. The summed E-state index contributed by atoms with van der Waals surface area (Å²) in [5.74, 6) is 1.64. The molecule has 1 aliphatic heterocycles. The van der Waals surface area contributed by atoms with Gasteiger partial charge in [0, 0.05) is 11.9 Å². The minimum absolute atomic E-state index is 0.118. The van der Waals surface area contributed by atoms with Gasteiger partial charge in [0.15, 0.2) is 11.5 Å². The molecule has 1 aromatic carbocycles. The number of nitrogens with one attached hydrogen (secondary N) is 1. The largest absolute Gasteiger partial charge is 0.486 e. The van der Waals surface area contributed by atoms with Crippen LogP contribution in [0.1, 0.15) is 22.9 Å². The number of aromatic nitrogens is 1. The monoisotopic (exact) mass is 270 g/mol. The SMILES string of the molecule is CNC(c1ccnc(C)c1)c1ccc2c(c1)OCCO2. The highest BCUT2D eigenvalue weighted by atomic mass is 16.6. The van der Waals surface area contributed by atoms with Crippen molar-refractivity contribution in [3.8, 4) is 11.5 Å². The predicted molar refractivity (Wildman–Crippen MR) is 77.3 cm³/mol. The smallest absolute Gasteiger partial charge is 0.161 e. The zero-order chi connectivity index (χ0) is 13.9. The van der Waals surface area contributed by atoms with E-state index in [2.05, 4.69) is 22.4 Å². The van der Waals surface area contributed by atoms with Gasteiger partial charge in [-0.05, 0) is 49.4 Å². The quantitative estimate of drug-likeness (QED) is 0.930. The van der Waals surface area contributed by atoms with Crippen molar-refractivity contribution < 1.29 is 9.47 Å². The molecular formula is C16H18N2O2. The lowest BCUT2D eigenvalue weighted by molar-refractivity contribution is 0.171. The Kier molecular flexibility index (Phi) is 3.56. The van der Waals surface area contributed by atoms with Gasteiger partial charge in [-0.1, -0.05) is 6.07 Å². The van der Waals surface area contributed by atoms with Crippen LogP contribution in [0.2, 0.25) is 0 Å². The van der Waals surface area contributed by atoms with Crippen LogP contribution in [0.5, 0.6) is 11.5 Å². The summed E-state index contributed by atoms with van der Waals surface area (Å²) < 4.78 is 11.2. The summed E-state index contributed by atoms with van der Waals surface area (Å²) in [6.07, 6.45) is 1.84. The van der Waals surface area contributed by atoms with E-state index in [1.165, 1.54) is 5.56 Å². The fraction of sp³-hybridized carbons (Fsp3) is 0.312. The van der Waals surface area contributed by atoms with Gasteiger partial charge in [-0.15, -0.1) is 0 Å². The van der Waals surface area contributed by atoms with Crippen LogP contribution < -0.4 is 14.8 Å². The van der Waals surface area contributed by atoms with E-state index in [4.69, 9.17) is 9.47 Å². The molecule has 1 aromatic heterocycles. The van der Waals surface area contributed by atoms with Crippen molar-refractivity contribution in [3.05, 3.63) is 53.3 Å². The van der Waals surface area contributed by atoms with Gasteiger partial charge < -0.3 is 14.8 Å². The number of ether oxygens (including phenoxy) is 2. The van der Waals surface area contributed by atoms with Crippen LogP contribution in [0.15, 0.2) is 36.5 Å². The lowest BCUT2D eigenvalue weighted by Gasteiger charge is -2.22. The third-order valence-electron chi connectivity index (χ3n) is 3.44. The van der Waals surface area contributed by atoms with E-state index in [1.807, 2.05) is 38.4 Å². The molecule has 1 atom stereocenters. The first-order valence-corrected chi connectivity index (χ1v) is 6.77. The van der Waals surface area contributed by atoms with Crippen molar-refractivity contribution in [2.24, 2.45) is 0 Å². The zero-order valence-corrected chi connectivity index (χ0v) is 11.7. The van der Waals surface area contributed by atoms with Gasteiger partial charge in [-0.25, -0.2) is 0 Å². The summed E-state index contributed by atoms with van der Waals surface area (Å²) in [4.78, 5) is 4.25. The third-order valence-corrected chi connectivity index (χ3v) is 3.44. The second kappa shape index (κ2) is 5.51. The lowest BCUT2D eigenvalue weighted by atomic mass is 9.98. The van der Waals surface area contributed by atoms with Crippen molar-refractivity contribution in [1.82, 2.24) is 10.3 Å². The Morgan fingerprint density at radius 3 is 2.55 bits per heavy atom. The molecule has 2 aromatic rings. The fourth-order valence-electron chi connectivity index (χ4n) is 2.51. The molecule has 0 saturated carbocycles. The van der Waals surface area contributed by atoms with Crippen LogP contribution >= 0.6 is 0 Å². The van der Waals surface area contributed by atoms with E-state index < -0.39 is 0 Å². The Hall–Kier alpha value is -2.07. The minimum atomic E-state index is 0.118.